The summed E-state index contributed by atoms with van der Waals surface area (Å²) in [5.41, 5.74) is 0. The van der Waals surface area contributed by atoms with Crippen molar-refractivity contribution in [2.24, 2.45) is 5.92 Å². The molecule has 164 valence electrons. The van der Waals surface area contributed by atoms with Gasteiger partial charge in [-0.15, -0.1) is 0 Å². The summed E-state index contributed by atoms with van der Waals surface area (Å²) in [6, 6.07) is 13.4. The summed E-state index contributed by atoms with van der Waals surface area (Å²) < 4.78 is 84.7. The lowest BCUT2D eigenvalue weighted by atomic mass is 9.98. The topological polar surface area (TPSA) is 38.8 Å². The minimum absolute atomic E-state index is 0.00693. The van der Waals surface area contributed by atoms with Crippen molar-refractivity contribution >= 4 is 16.9 Å². The number of carbonyl (C=O) groups excluding carboxylic acids is 1. The fourth-order valence-corrected chi connectivity index (χ4v) is 3.25. The van der Waals surface area contributed by atoms with Crippen molar-refractivity contribution < 1.29 is 40.6 Å². The fourth-order valence-electron chi connectivity index (χ4n) is 3.25. The van der Waals surface area contributed by atoms with Crippen LogP contribution in [-0.4, -0.2) is 49.1 Å². The van der Waals surface area contributed by atoms with Gasteiger partial charge in [0.25, 0.3) is 6.10 Å². The highest BCUT2D eigenvalue weighted by molar-refractivity contribution is 5.83. The first-order valence-corrected chi connectivity index (χ1v) is 9.24. The molecule has 0 radical (unpaired) electrons. The van der Waals surface area contributed by atoms with Crippen molar-refractivity contribution in [3.63, 3.8) is 0 Å². The van der Waals surface area contributed by atoms with Gasteiger partial charge >= 0.3 is 18.4 Å². The molecule has 0 saturated carbocycles. The van der Waals surface area contributed by atoms with Gasteiger partial charge in [0.1, 0.15) is 5.75 Å². The third kappa shape index (κ3) is 5.48. The molecule has 0 atom stereocenters. The second kappa shape index (κ2) is 8.61. The average Bonchev–Trinajstić information content (AvgIpc) is 2.69. The molecule has 3 rings (SSSR count). The van der Waals surface area contributed by atoms with Gasteiger partial charge in [0, 0.05) is 13.1 Å². The van der Waals surface area contributed by atoms with Gasteiger partial charge in [0.05, 0.1) is 6.61 Å². The summed E-state index contributed by atoms with van der Waals surface area (Å²) in [6.07, 6.45) is -16.4. The van der Waals surface area contributed by atoms with E-state index in [2.05, 4.69) is 4.74 Å². The Bertz CT molecular complexity index is 861. The standard InChI is InChI=1S/C20H19F6NO3/c21-19(22,23)17(20(24,25)26)30-18(28)27-9-7-13(8-10-27)12-29-16-6-5-14-3-1-2-4-15(14)11-16/h1-6,11,13,17H,7-10,12H2. The molecule has 4 nitrogen and oxygen atoms in total. The number of ether oxygens (including phenoxy) is 2. The lowest BCUT2D eigenvalue weighted by Crippen LogP contribution is -2.49. The summed E-state index contributed by atoms with van der Waals surface area (Å²) in [5.74, 6) is 0.676. The van der Waals surface area contributed by atoms with E-state index in [0.717, 1.165) is 15.7 Å². The van der Waals surface area contributed by atoms with Crippen LogP contribution in [0.25, 0.3) is 10.8 Å². The lowest BCUT2D eigenvalue weighted by molar-refractivity contribution is -0.308. The highest BCUT2D eigenvalue weighted by atomic mass is 19.4. The highest BCUT2D eigenvalue weighted by Gasteiger charge is 2.60. The molecule has 1 heterocycles. The number of carbonyl (C=O) groups is 1. The number of fused-ring (bicyclic) bond motifs is 1. The molecular weight excluding hydrogens is 416 g/mol. The summed E-state index contributed by atoms with van der Waals surface area (Å²) in [5, 5.41) is 2.07. The zero-order chi connectivity index (χ0) is 21.9. The van der Waals surface area contributed by atoms with Gasteiger partial charge in [-0.05, 0) is 41.7 Å². The summed E-state index contributed by atoms with van der Waals surface area (Å²) in [6.45, 7) is 0.314. The van der Waals surface area contributed by atoms with Crippen LogP contribution in [0.4, 0.5) is 31.1 Å². The maximum Gasteiger partial charge on any atom is 0.434 e. The Balaban J connectivity index is 1.49. The number of rotatable bonds is 4. The molecule has 0 spiro atoms. The molecule has 0 aliphatic carbocycles. The molecule has 1 saturated heterocycles. The SMILES string of the molecule is O=C(OC(C(F)(F)F)C(F)(F)F)N1CCC(COc2ccc3ccccc3c2)CC1. The van der Waals surface area contributed by atoms with Gasteiger partial charge in [-0.2, -0.15) is 26.3 Å². The zero-order valence-corrected chi connectivity index (χ0v) is 15.7. The van der Waals surface area contributed by atoms with Crippen LogP contribution >= 0.6 is 0 Å². The fraction of sp³-hybridized carbons (Fsp3) is 0.450. The van der Waals surface area contributed by atoms with Crippen molar-refractivity contribution in [3.05, 3.63) is 42.5 Å². The Morgan fingerprint density at radius 3 is 2.17 bits per heavy atom. The van der Waals surface area contributed by atoms with Gasteiger partial charge in [0.15, 0.2) is 0 Å². The Morgan fingerprint density at radius 1 is 0.967 bits per heavy atom. The third-order valence-electron chi connectivity index (χ3n) is 4.89. The van der Waals surface area contributed by atoms with E-state index in [1.54, 1.807) is 0 Å². The normalized spacial score (nSPS) is 16.2. The monoisotopic (exact) mass is 435 g/mol. The van der Waals surface area contributed by atoms with E-state index >= 15 is 0 Å². The zero-order valence-electron chi connectivity index (χ0n) is 15.7. The average molecular weight is 435 g/mol. The first-order chi connectivity index (χ1) is 14.0. The molecule has 0 aromatic heterocycles. The van der Waals surface area contributed by atoms with E-state index in [4.69, 9.17) is 4.74 Å². The van der Waals surface area contributed by atoms with E-state index < -0.39 is 24.5 Å². The van der Waals surface area contributed by atoms with Crippen molar-refractivity contribution in [3.8, 4) is 5.75 Å². The maximum absolute atomic E-state index is 12.5. The Kier molecular flexibility index (Phi) is 6.33. The quantitative estimate of drug-likeness (QED) is 0.591. The number of nitrogens with zero attached hydrogens (tertiary/aromatic N) is 1. The molecule has 30 heavy (non-hydrogen) atoms. The predicted octanol–water partition coefficient (Wildman–Crippen LogP) is 5.56. The van der Waals surface area contributed by atoms with Gasteiger partial charge in [-0.1, -0.05) is 30.3 Å². The van der Waals surface area contributed by atoms with Crippen molar-refractivity contribution in [1.82, 2.24) is 4.90 Å². The number of hydrogen-bond acceptors (Lipinski definition) is 3. The molecular formula is C20H19F6NO3. The van der Waals surface area contributed by atoms with E-state index in [9.17, 15) is 31.1 Å². The van der Waals surface area contributed by atoms with E-state index in [1.165, 1.54) is 0 Å². The van der Waals surface area contributed by atoms with Gasteiger partial charge in [0.2, 0.25) is 0 Å². The molecule has 10 heteroatoms. The molecule has 1 aliphatic heterocycles. The molecule has 0 N–H and O–H groups in total. The number of alkyl halides is 6. The predicted molar refractivity (Wildman–Crippen MR) is 96.1 cm³/mol. The van der Waals surface area contributed by atoms with Crippen LogP contribution in [0.15, 0.2) is 42.5 Å². The van der Waals surface area contributed by atoms with E-state index in [-0.39, 0.29) is 19.0 Å². The smallest absolute Gasteiger partial charge is 0.434 e. The maximum atomic E-state index is 12.5. The van der Waals surface area contributed by atoms with Gasteiger partial charge < -0.3 is 14.4 Å². The number of halogens is 6. The van der Waals surface area contributed by atoms with Crippen LogP contribution in [0.5, 0.6) is 5.75 Å². The molecule has 2 aromatic rings. The third-order valence-corrected chi connectivity index (χ3v) is 4.89. The second-order valence-corrected chi connectivity index (χ2v) is 7.10. The number of benzene rings is 2. The van der Waals surface area contributed by atoms with Crippen LogP contribution in [0.3, 0.4) is 0 Å². The largest absolute Gasteiger partial charge is 0.493 e. The number of hydrogen-bond donors (Lipinski definition) is 0. The number of piperidine rings is 1. The van der Waals surface area contributed by atoms with Crippen molar-refractivity contribution in [2.45, 2.75) is 31.3 Å². The van der Waals surface area contributed by atoms with Crippen molar-refractivity contribution in [2.75, 3.05) is 19.7 Å². The number of amides is 1. The molecule has 1 amide bonds. The molecule has 0 unspecified atom stereocenters. The Morgan fingerprint density at radius 2 is 1.57 bits per heavy atom. The first kappa shape index (κ1) is 22.0. The van der Waals surface area contributed by atoms with Gasteiger partial charge in [-0.3, -0.25) is 0 Å². The van der Waals surface area contributed by atoms with Crippen LogP contribution < -0.4 is 4.74 Å². The van der Waals surface area contributed by atoms with E-state index in [0.29, 0.717) is 25.2 Å². The Labute approximate surface area is 168 Å². The minimum atomic E-state index is -5.72. The summed E-state index contributed by atoms with van der Waals surface area (Å²) >= 11 is 0. The minimum Gasteiger partial charge on any atom is -0.493 e. The lowest BCUT2D eigenvalue weighted by Gasteiger charge is -2.33. The highest BCUT2D eigenvalue weighted by Crippen LogP contribution is 2.36. The van der Waals surface area contributed by atoms with Crippen LogP contribution in [0, 0.1) is 5.92 Å². The van der Waals surface area contributed by atoms with Crippen LogP contribution in [0.1, 0.15) is 12.8 Å². The van der Waals surface area contributed by atoms with Crippen molar-refractivity contribution in [1.29, 1.82) is 0 Å². The summed E-state index contributed by atoms with van der Waals surface area (Å²) in [7, 11) is 0. The molecule has 1 aliphatic rings. The molecule has 1 fully saturated rings. The van der Waals surface area contributed by atoms with Gasteiger partial charge in [-0.25, -0.2) is 4.79 Å². The second-order valence-electron chi connectivity index (χ2n) is 7.10. The Hall–Kier alpha value is -2.65. The van der Waals surface area contributed by atoms with Crippen LogP contribution in [0.2, 0.25) is 0 Å². The number of likely N-dealkylation sites (tertiary alicyclic amines) is 1. The molecule has 0 bridgehead atoms. The van der Waals surface area contributed by atoms with Crippen LogP contribution in [-0.2, 0) is 4.74 Å². The first-order valence-electron chi connectivity index (χ1n) is 9.24. The molecule has 2 aromatic carbocycles. The van der Waals surface area contributed by atoms with E-state index in [1.807, 2.05) is 42.5 Å². The summed E-state index contributed by atoms with van der Waals surface area (Å²) in [4.78, 5) is 12.6.